The molecule has 20 aromatic rings. The number of aryl methyl sites for hydroxylation is 1. The Labute approximate surface area is 558 Å². The third-order valence-corrected chi connectivity index (χ3v) is 20.2. The van der Waals surface area contributed by atoms with Crippen LogP contribution >= 0.6 is 0 Å². The van der Waals surface area contributed by atoms with Crippen LogP contribution in [0.25, 0.3) is 188 Å². The van der Waals surface area contributed by atoms with Crippen LogP contribution in [0, 0.1) is 6.92 Å². The van der Waals surface area contributed by atoms with E-state index in [2.05, 4.69) is 359 Å². The van der Waals surface area contributed by atoms with Crippen LogP contribution in [0.5, 0.6) is 0 Å². The van der Waals surface area contributed by atoms with Crippen molar-refractivity contribution in [3.63, 3.8) is 0 Å². The average molecular weight is 1240 g/mol. The lowest BCUT2D eigenvalue weighted by Crippen LogP contribution is -2.02. The van der Waals surface area contributed by atoms with Gasteiger partial charge in [-0.05, 0) is 166 Å². The molecule has 0 aliphatic heterocycles. The first-order valence-corrected chi connectivity index (χ1v) is 33.3. The van der Waals surface area contributed by atoms with E-state index in [0.717, 1.165) is 117 Å². The molecule has 0 aliphatic rings. The lowest BCUT2D eigenvalue weighted by molar-refractivity contribution is 1.13. The normalized spacial score (nSPS) is 12.0. The molecule has 0 atom stereocenters. The predicted octanol–water partition coefficient (Wildman–Crippen LogP) is 23.8. The van der Waals surface area contributed by atoms with Gasteiger partial charge in [-0.25, -0.2) is 9.97 Å². The number of hydrogen-bond donors (Lipinski definition) is 0. The summed E-state index contributed by atoms with van der Waals surface area (Å²) in [6, 6.07) is 122. The molecule has 15 aromatic carbocycles. The Morgan fingerprint density at radius 1 is 0.216 bits per heavy atom. The van der Waals surface area contributed by atoms with Gasteiger partial charge in [-0.2, -0.15) is 0 Å². The molecule has 0 spiro atoms. The molecule has 97 heavy (non-hydrogen) atoms. The summed E-state index contributed by atoms with van der Waals surface area (Å²) in [5.41, 5.74) is 25.1. The Hall–Kier alpha value is -12.9. The molecule has 0 saturated heterocycles. The van der Waals surface area contributed by atoms with E-state index >= 15 is 0 Å². The highest BCUT2D eigenvalue weighted by Crippen LogP contribution is 2.44. The topological polar surface area (TPSA) is 45.5 Å². The third kappa shape index (κ3) is 8.67. The average Bonchev–Trinajstić information content (AvgIpc) is 1.65. The summed E-state index contributed by atoms with van der Waals surface area (Å²) in [6.45, 7) is 2.14. The standard InChI is InChI=1S/C91H58N6/c1-57-35-37-58(38-36-57)60-20-18-21-65(49-60)90-89-71-26-9-8-19-59(71)41-46-80(89)92-91(93-90)66-50-69(96-81-31-14-10-27-72(81)76-44-39-63(54-87(76)96)61-42-47-85-78(52-61)74-29-12-16-33-83(74)94(85)67-22-4-2-5-23-67)56-70(51-66)97-82-32-15-11-28-73(82)77-45-40-64(55-88(77)97)62-43-48-86-79(53-62)75-30-13-17-34-84(75)95(86)68-24-6-3-7-25-68/h2-56H,1H3. The zero-order valence-corrected chi connectivity index (χ0v) is 52.9. The second-order valence-corrected chi connectivity index (χ2v) is 25.8. The lowest BCUT2D eigenvalue weighted by atomic mass is 9.96. The van der Waals surface area contributed by atoms with E-state index in [-0.39, 0.29) is 0 Å². The minimum atomic E-state index is 0.635. The summed E-state index contributed by atoms with van der Waals surface area (Å²) in [4.78, 5) is 11.5. The fourth-order valence-electron chi connectivity index (χ4n) is 15.7. The molecular formula is C91H58N6. The van der Waals surface area contributed by atoms with Gasteiger partial charge in [0.15, 0.2) is 5.82 Å². The Balaban J connectivity index is 0.836. The first-order chi connectivity index (χ1) is 48.0. The van der Waals surface area contributed by atoms with Gasteiger partial charge in [0.2, 0.25) is 0 Å². The maximum absolute atomic E-state index is 5.84. The number of fused-ring (bicyclic) bond motifs is 15. The number of para-hydroxylation sites is 6. The SMILES string of the molecule is Cc1ccc(-c2cccc(-c3nc(-c4cc(-n5c6ccccc6c6ccc(-c7ccc8c(c7)c7ccccc7n8-c7ccccc7)cc65)cc(-n5c6ccccc6c6ccc(-c7ccc8c(c7)c7ccccc7n8-c7ccccc7)cc65)c4)nc4ccc5ccccc5c34)c2)cc1. The highest BCUT2D eigenvalue weighted by atomic mass is 15.0. The molecule has 452 valence electrons. The highest BCUT2D eigenvalue weighted by molar-refractivity contribution is 6.16. The molecule has 0 N–H and O–H groups in total. The van der Waals surface area contributed by atoms with Crippen molar-refractivity contribution in [2.75, 3.05) is 0 Å². The van der Waals surface area contributed by atoms with Crippen molar-refractivity contribution < 1.29 is 0 Å². The van der Waals surface area contributed by atoms with Crippen molar-refractivity contribution in [3.05, 3.63) is 339 Å². The molecule has 0 aliphatic carbocycles. The summed E-state index contributed by atoms with van der Waals surface area (Å²) < 4.78 is 9.72. The third-order valence-electron chi connectivity index (χ3n) is 20.2. The summed E-state index contributed by atoms with van der Waals surface area (Å²) in [5.74, 6) is 0.635. The Bertz CT molecular complexity index is 6330. The minimum Gasteiger partial charge on any atom is -0.309 e. The van der Waals surface area contributed by atoms with Crippen LogP contribution in [-0.4, -0.2) is 28.2 Å². The molecule has 0 radical (unpaired) electrons. The van der Waals surface area contributed by atoms with E-state index in [4.69, 9.17) is 9.97 Å². The maximum atomic E-state index is 5.84. The van der Waals surface area contributed by atoms with Gasteiger partial charge in [0.1, 0.15) is 0 Å². The smallest absolute Gasteiger partial charge is 0.160 e. The molecule has 0 unspecified atom stereocenters. The molecular weight excluding hydrogens is 1180 g/mol. The highest BCUT2D eigenvalue weighted by Gasteiger charge is 2.23. The fraction of sp³-hybridized carbons (Fsp3) is 0.0110. The van der Waals surface area contributed by atoms with E-state index < -0.39 is 0 Å². The molecule has 20 rings (SSSR count). The van der Waals surface area contributed by atoms with Crippen molar-refractivity contribution in [1.29, 1.82) is 0 Å². The molecule has 0 amide bonds. The number of nitrogens with zero attached hydrogens (tertiary/aromatic N) is 6. The summed E-state index contributed by atoms with van der Waals surface area (Å²) in [5, 5.41) is 12.8. The van der Waals surface area contributed by atoms with E-state index in [1.54, 1.807) is 0 Å². The summed E-state index contributed by atoms with van der Waals surface area (Å²) in [6.07, 6.45) is 0. The molecule has 6 heteroatoms. The van der Waals surface area contributed by atoms with Crippen LogP contribution in [0.15, 0.2) is 334 Å². The van der Waals surface area contributed by atoms with Crippen LogP contribution in [0.1, 0.15) is 5.56 Å². The zero-order valence-electron chi connectivity index (χ0n) is 52.9. The van der Waals surface area contributed by atoms with Crippen molar-refractivity contribution >= 4 is 109 Å². The van der Waals surface area contributed by atoms with Gasteiger partial charge in [-0.15, -0.1) is 0 Å². The summed E-state index contributed by atoms with van der Waals surface area (Å²) in [7, 11) is 0. The number of hydrogen-bond acceptors (Lipinski definition) is 2. The van der Waals surface area contributed by atoms with Crippen molar-refractivity contribution in [2.24, 2.45) is 0 Å². The second kappa shape index (κ2) is 21.6. The summed E-state index contributed by atoms with van der Waals surface area (Å²) >= 11 is 0. The van der Waals surface area contributed by atoms with Gasteiger partial charge in [-0.1, -0.05) is 224 Å². The predicted molar refractivity (Wildman–Crippen MR) is 406 cm³/mol. The molecule has 0 saturated carbocycles. The number of rotatable bonds is 9. The minimum absolute atomic E-state index is 0.635. The van der Waals surface area contributed by atoms with E-state index in [1.807, 2.05) is 0 Å². The monoisotopic (exact) mass is 1230 g/mol. The molecule has 0 fully saturated rings. The first kappa shape index (κ1) is 54.6. The fourth-order valence-corrected chi connectivity index (χ4v) is 15.7. The van der Waals surface area contributed by atoms with Crippen LogP contribution in [-0.2, 0) is 0 Å². The molecule has 0 bridgehead atoms. The van der Waals surface area contributed by atoms with E-state index in [0.29, 0.717) is 5.82 Å². The second-order valence-electron chi connectivity index (χ2n) is 25.8. The van der Waals surface area contributed by atoms with Crippen LogP contribution < -0.4 is 0 Å². The quantitative estimate of drug-likeness (QED) is 0.135. The molecule has 5 aromatic heterocycles. The van der Waals surface area contributed by atoms with Gasteiger partial charge in [0, 0.05) is 82.4 Å². The molecule has 6 nitrogen and oxygen atoms in total. The first-order valence-electron chi connectivity index (χ1n) is 33.3. The lowest BCUT2D eigenvalue weighted by Gasteiger charge is -2.17. The number of benzene rings is 15. The zero-order chi connectivity index (χ0) is 63.8. The van der Waals surface area contributed by atoms with Crippen molar-refractivity contribution in [2.45, 2.75) is 6.92 Å². The van der Waals surface area contributed by atoms with E-state index in [9.17, 15) is 0 Å². The van der Waals surface area contributed by atoms with Crippen LogP contribution in [0.4, 0.5) is 0 Å². The van der Waals surface area contributed by atoms with Crippen LogP contribution in [0.2, 0.25) is 0 Å². The number of aromatic nitrogens is 6. The van der Waals surface area contributed by atoms with Gasteiger partial charge >= 0.3 is 0 Å². The molecule has 5 heterocycles. The van der Waals surface area contributed by atoms with Crippen LogP contribution in [0.3, 0.4) is 0 Å². The largest absolute Gasteiger partial charge is 0.309 e. The van der Waals surface area contributed by atoms with Gasteiger partial charge in [0.05, 0.1) is 55.3 Å². The van der Waals surface area contributed by atoms with Gasteiger partial charge < -0.3 is 18.3 Å². The Kier molecular flexibility index (Phi) is 12.2. The van der Waals surface area contributed by atoms with Crippen molar-refractivity contribution in [1.82, 2.24) is 28.2 Å². The van der Waals surface area contributed by atoms with Gasteiger partial charge in [-0.3, -0.25) is 0 Å². The van der Waals surface area contributed by atoms with E-state index in [1.165, 1.54) is 70.7 Å². The maximum Gasteiger partial charge on any atom is 0.160 e. The van der Waals surface area contributed by atoms with Crippen molar-refractivity contribution in [3.8, 4) is 78.8 Å². The Morgan fingerprint density at radius 2 is 0.619 bits per heavy atom. The van der Waals surface area contributed by atoms with Gasteiger partial charge in [0.25, 0.3) is 0 Å². The Morgan fingerprint density at radius 3 is 1.15 bits per heavy atom.